The lowest BCUT2D eigenvalue weighted by Gasteiger charge is -2.06. The first-order chi connectivity index (χ1) is 12.7. The molecule has 0 unspecified atom stereocenters. The second kappa shape index (κ2) is 6.61. The summed E-state index contributed by atoms with van der Waals surface area (Å²) in [7, 11) is 1.60. The maximum absolute atomic E-state index is 12.7. The average molecular weight is 368 g/mol. The molecule has 0 aliphatic heterocycles. The van der Waals surface area contributed by atoms with E-state index in [0.717, 1.165) is 17.0 Å². The van der Waals surface area contributed by atoms with Crippen molar-refractivity contribution in [1.82, 2.24) is 24.5 Å². The summed E-state index contributed by atoms with van der Waals surface area (Å²) in [4.78, 5) is 17.1. The molecule has 0 radical (unpaired) electrons. The number of rotatable bonds is 4. The summed E-state index contributed by atoms with van der Waals surface area (Å²) in [5.41, 5.74) is 2.01. The maximum atomic E-state index is 12.7. The van der Waals surface area contributed by atoms with Gasteiger partial charge in [0.15, 0.2) is 11.2 Å². The number of fused-ring (bicyclic) bond motifs is 1. The minimum absolute atomic E-state index is 0.213. The van der Waals surface area contributed by atoms with Crippen LogP contribution in [0.1, 0.15) is 5.56 Å². The van der Waals surface area contributed by atoms with Crippen LogP contribution in [0.5, 0.6) is 5.75 Å². The zero-order chi connectivity index (χ0) is 18.1. The van der Waals surface area contributed by atoms with Gasteiger partial charge in [-0.25, -0.2) is 4.98 Å². The fourth-order valence-corrected chi connectivity index (χ4v) is 2.90. The highest BCUT2D eigenvalue weighted by Gasteiger charge is 2.13. The fourth-order valence-electron chi connectivity index (χ4n) is 2.69. The monoisotopic (exact) mass is 367 g/mol. The zero-order valence-corrected chi connectivity index (χ0v) is 14.6. The highest BCUT2D eigenvalue weighted by Crippen LogP contribution is 2.17. The van der Waals surface area contributed by atoms with Crippen molar-refractivity contribution < 1.29 is 4.74 Å². The third kappa shape index (κ3) is 2.93. The van der Waals surface area contributed by atoms with Crippen LogP contribution in [0.4, 0.5) is 0 Å². The molecular formula is C18H14ClN5O2. The average Bonchev–Trinajstić information content (AvgIpc) is 3.09. The molecule has 0 aliphatic rings. The van der Waals surface area contributed by atoms with Crippen molar-refractivity contribution in [1.29, 1.82) is 0 Å². The summed E-state index contributed by atoms with van der Waals surface area (Å²) in [6.45, 7) is 0.359. The molecule has 2 heterocycles. The van der Waals surface area contributed by atoms with Gasteiger partial charge in [-0.3, -0.25) is 9.36 Å². The van der Waals surface area contributed by atoms with Gasteiger partial charge in [-0.15, -0.1) is 5.10 Å². The summed E-state index contributed by atoms with van der Waals surface area (Å²) in [6, 6.07) is 14.6. The van der Waals surface area contributed by atoms with Crippen molar-refractivity contribution in [2.45, 2.75) is 6.54 Å². The molecule has 0 atom stereocenters. The lowest BCUT2D eigenvalue weighted by atomic mass is 10.2. The second-order valence-corrected chi connectivity index (χ2v) is 6.12. The molecule has 2 aromatic heterocycles. The highest BCUT2D eigenvalue weighted by atomic mass is 35.5. The Labute approximate surface area is 153 Å². The molecule has 130 valence electrons. The predicted molar refractivity (Wildman–Crippen MR) is 98.0 cm³/mol. The van der Waals surface area contributed by atoms with E-state index in [4.69, 9.17) is 16.3 Å². The van der Waals surface area contributed by atoms with E-state index in [9.17, 15) is 4.79 Å². The predicted octanol–water partition coefficient (Wildman–Crippen LogP) is 2.69. The van der Waals surface area contributed by atoms with E-state index in [0.29, 0.717) is 17.2 Å². The van der Waals surface area contributed by atoms with E-state index < -0.39 is 0 Å². The number of nitrogens with zero attached hydrogens (tertiary/aromatic N) is 5. The number of ether oxygens (including phenoxy) is 1. The molecule has 0 N–H and O–H groups in total. The van der Waals surface area contributed by atoms with Crippen molar-refractivity contribution in [2.24, 2.45) is 0 Å². The van der Waals surface area contributed by atoms with E-state index in [1.165, 1.54) is 15.6 Å². The molecule has 8 heteroatoms. The van der Waals surface area contributed by atoms with Crippen LogP contribution in [-0.2, 0) is 6.54 Å². The Hall–Kier alpha value is -3.19. The van der Waals surface area contributed by atoms with Gasteiger partial charge in [0, 0.05) is 5.02 Å². The molecule has 0 amide bonds. The van der Waals surface area contributed by atoms with E-state index in [-0.39, 0.29) is 11.1 Å². The van der Waals surface area contributed by atoms with E-state index in [1.807, 2.05) is 42.5 Å². The van der Waals surface area contributed by atoms with Crippen molar-refractivity contribution in [3.8, 4) is 11.4 Å². The maximum Gasteiger partial charge on any atom is 0.283 e. The highest BCUT2D eigenvalue weighted by molar-refractivity contribution is 6.30. The first-order valence-corrected chi connectivity index (χ1v) is 8.23. The zero-order valence-electron chi connectivity index (χ0n) is 13.8. The van der Waals surface area contributed by atoms with Gasteiger partial charge in [-0.1, -0.05) is 28.9 Å². The third-order valence-corrected chi connectivity index (χ3v) is 4.22. The largest absolute Gasteiger partial charge is 0.497 e. The molecule has 0 aliphatic carbocycles. The summed E-state index contributed by atoms with van der Waals surface area (Å²) >= 11 is 6.00. The van der Waals surface area contributed by atoms with Gasteiger partial charge in [0.25, 0.3) is 5.56 Å². The number of aromatic nitrogens is 5. The van der Waals surface area contributed by atoms with Gasteiger partial charge in [-0.05, 0) is 42.0 Å². The Morgan fingerprint density at radius 2 is 1.96 bits per heavy atom. The van der Waals surface area contributed by atoms with Gasteiger partial charge in [0.2, 0.25) is 0 Å². The first-order valence-electron chi connectivity index (χ1n) is 7.85. The Morgan fingerprint density at radius 3 is 2.69 bits per heavy atom. The van der Waals surface area contributed by atoms with Gasteiger partial charge < -0.3 is 4.74 Å². The van der Waals surface area contributed by atoms with Crippen molar-refractivity contribution >= 4 is 22.8 Å². The minimum Gasteiger partial charge on any atom is -0.497 e. The number of benzene rings is 2. The molecule has 0 fully saturated rings. The van der Waals surface area contributed by atoms with Crippen LogP contribution in [0.25, 0.3) is 16.9 Å². The van der Waals surface area contributed by atoms with Crippen molar-refractivity contribution in [3.05, 3.63) is 75.8 Å². The molecule has 2 aromatic carbocycles. The molecular weight excluding hydrogens is 354 g/mol. The molecule has 4 rings (SSSR count). The van der Waals surface area contributed by atoms with Gasteiger partial charge in [0.05, 0.1) is 19.3 Å². The topological polar surface area (TPSA) is 74.8 Å². The number of hydrogen-bond acceptors (Lipinski definition) is 5. The van der Waals surface area contributed by atoms with Crippen molar-refractivity contribution in [2.75, 3.05) is 7.11 Å². The van der Waals surface area contributed by atoms with Gasteiger partial charge >= 0.3 is 0 Å². The minimum atomic E-state index is -0.255. The van der Waals surface area contributed by atoms with Crippen LogP contribution in [0.3, 0.4) is 0 Å². The summed E-state index contributed by atoms with van der Waals surface area (Å²) in [6.07, 6.45) is 1.49. The van der Waals surface area contributed by atoms with Crippen LogP contribution < -0.4 is 10.3 Å². The van der Waals surface area contributed by atoms with E-state index >= 15 is 0 Å². The van der Waals surface area contributed by atoms with E-state index in [1.54, 1.807) is 13.2 Å². The summed E-state index contributed by atoms with van der Waals surface area (Å²) in [5, 5.41) is 8.71. The lowest BCUT2D eigenvalue weighted by molar-refractivity contribution is 0.414. The molecule has 4 aromatic rings. The number of methoxy groups -OCH3 is 1. The molecule has 7 nitrogen and oxygen atoms in total. The third-order valence-electron chi connectivity index (χ3n) is 3.99. The molecule has 0 spiro atoms. The van der Waals surface area contributed by atoms with Crippen LogP contribution in [-0.4, -0.2) is 31.7 Å². The molecule has 0 saturated carbocycles. The first kappa shape index (κ1) is 16.3. The summed E-state index contributed by atoms with van der Waals surface area (Å²) in [5.74, 6) is 0.731. The Balaban J connectivity index is 1.74. The van der Waals surface area contributed by atoms with Crippen LogP contribution in [0.2, 0.25) is 5.02 Å². The van der Waals surface area contributed by atoms with Crippen LogP contribution in [0.15, 0.2) is 59.7 Å². The van der Waals surface area contributed by atoms with Gasteiger partial charge in [-0.2, -0.15) is 4.68 Å². The summed E-state index contributed by atoms with van der Waals surface area (Å²) < 4.78 is 8.16. The Morgan fingerprint density at radius 1 is 1.15 bits per heavy atom. The van der Waals surface area contributed by atoms with Gasteiger partial charge in [0.1, 0.15) is 12.1 Å². The normalized spacial score (nSPS) is 11.0. The quantitative estimate of drug-likeness (QED) is 0.554. The molecule has 0 bridgehead atoms. The van der Waals surface area contributed by atoms with Crippen LogP contribution >= 0.6 is 11.6 Å². The van der Waals surface area contributed by atoms with Crippen LogP contribution in [0, 0.1) is 0 Å². The SMILES string of the molecule is COc1ccc(-n2nnc3c(=O)n(Cc4cccc(Cl)c4)cnc32)cc1. The Kier molecular flexibility index (Phi) is 4.14. The standard InChI is InChI=1S/C18H14ClN5O2/c1-26-15-7-5-14(6-8-15)24-17-16(21-22-24)18(25)23(11-20-17)10-12-3-2-4-13(19)9-12/h2-9,11H,10H2,1H3. The molecule has 0 saturated heterocycles. The van der Waals surface area contributed by atoms with Crippen molar-refractivity contribution in [3.63, 3.8) is 0 Å². The number of hydrogen-bond donors (Lipinski definition) is 0. The number of halogens is 1. The lowest BCUT2D eigenvalue weighted by Crippen LogP contribution is -2.21. The fraction of sp³-hybridized carbons (Fsp3) is 0.111. The smallest absolute Gasteiger partial charge is 0.283 e. The second-order valence-electron chi connectivity index (χ2n) is 5.68. The Bertz CT molecular complexity index is 1130. The van der Waals surface area contributed by atoms with E-state index in [2.05, 4.69) is 15.3 Å². The molecule has 26 heavy (non-hydrogen) atoms.